The van der Waals surface area contributed by atoms with Crippen LogP contribution < -0.4 is 10.0 Å². The van der Waals surface area contributed by atoms with Crippen LogP contribution in [-0.2, 0) is 14.8 Å². The van der Waals surface area contributed by atoms with Gasteiger partial charge in [-0.15, -0.1) is 0 Å². The first-order chi connectivity index (χ1) is 11.1. The predicted molar refractivity (Wildman–Crippen MR) is 92.6 cm³/mol. The number of hydrogen-bond donors (Lipinski definition) is 2. The highest BCUT2D eigenvalue weighted by Crippen LogP contribution is 2.27. The van der Waals surface area contributed by atoms with Gasteiger partial charge in [-0.25, -0.2) is 17.5 Å². The van der Waals surface area contributed by atoms with Gasteiger partial charge in [-0.05, 0) is 58.6 Å². The molecular formula is C17H25FN2O3S. The molecule has 1 aliphatic rings. The summed E-state index contributed by atoms with van der Waals surface area (Å²) in [5.74, 6) is -0.894. The van der Waals surface area contributed by atoms with E-state index in [0.29, 0.717) is 25.7 Å². The Kier molecular flexibility index (Phi) is 5.65. The van der Waals surface area contributed by atoms with Crippen LogP contribution in [0.2, 0.25) is 0 Å². The summed E-state index contributed by atoms with van der Waals surface area (Å²) in [5.41, 5.74) is 0.179. The van der Waals surface area contributed by atoms with Gasteiger partial charge in [0.15, 0.2) is 0 Å². The summed E-state index contributed by atoms with van der Waals surface area (Å²) in [5, 5.41) is 2.61. The molecule has 0 aliphatic heterocycles. The summed E-state index contributed by atoms with van der Waals surface area (Å²) >= 11 is 0. The summed E-state index contributed by atoms with van der Waals surface area (Å²) in [6.45, 7) is 4.97. The number of nitrogens with one attached hydrogen (secondary N) is 2. The molecule has 2 rings (SSSR count). The Morgan fingerprint density at radius 3 is 2.25 bits per heavy atom. The molecule has 1 aliphatic carbocycles. The minimum absolute atomic E-state index is 0.147. The van der Waals surface area contributed by atoms with E-state index < -0.39 is 20.6 Å². The molecule has 0 spiro atoms. The van der Waals surface area contributed by atoms with E-state index in [1.807, 2.05) is 0 Å². The Labute approximate surface area is 143 Å². The number of para-hydroxylation sites is 1. The molecular weight excluding hydrogens is 331 g/mol. The van der Waals surface area contributed by atoms with Gasteiger partial charge in [-0.3, -0.25) is 4.79 Å². The first-order valence-corrected chi connectivity index (χ1v) is 9.66. The number of hydrogen-bond acceptors (Lipinski definition) is 3. The van der Waals surface area contributed by atoms with Gasteiger partial charge in [-0.1, -0.05) is 12.1 Å². The lowest BCUT2D eigenvalue weighted by Gasteiger charge is -2.30. The lowest BCUT2D eigenvalue weighted by atomic mass is 9.86. The van der Waals surface area contributed by atoms with Crippen LogP contribution in [0.4, 0.5) is 10.1 Å². The van der Waals surface area contributed by atoms with Gasteiger partial charge in [0, 0.05) is 12.0 Å². The van der Waals surface area contributed by atoms with Gasteiger partial charge in [-0.2, -0.15) is 0 Å². The normalized spacial score (nSPS) is 22.2. The summed E-state index contributed by atoms with van der Waals surface area (Å²) in [6.07, 6.45) is 2.37. The fourth-order valence-electron chi connectivity index (χ4n) is 2.67. The molecule has 5 nitrogen and oxygen atoms in total. The van der Waals surface area contributed by atoms with E-state index in [4.69, 9.17) is 0 Å². The van der Waals surface area contributed by atoms with Crippen molar-refractivity contribution in [2.24, 2.45) is 5.92 Å². The maximum atomic E-state index is 13.6. The number of carbonyl (C=O) groups is 1. The third-order valence-corrected chi connectivity index (χ3v) is 6.61. The second kappa shape index (κ2) is 7.19. The maximum Gasteiger partial charge on any atom is 0.227 e. The largest absolute Gasteiger partial charge is 0.323 e. The van der Waals surface area contributed by atoms with Crippen LogP contribution in [-0.4, -0.2) is 25.1 Å². The predicted octanol–water partition coefficient (Wildman–Crippen LogP) is 3.04. The van der Waals surface area contributed by atoms with Crippen LogP contribution in [0.3, 0.4) is 0 Å². The summed E-state index contributed by atoms with van der Waals surface area (Å²) in [6, 6.07) is 5.91. The van der Waals surface area contributed by atoms with Crippen LogP contribution in [0.25, 0.3) is 0 Å². The molecule has 7 heteroatoms. The molecule has 1 aromatic carbocycles. The van der Waals surface area contributed by atoms with Crippen LogP contribution in [0.15, 0.2) is 24.3 Å². The quantitative estimate of drug-likeness (QED) is 0.871. The van der Waals surface area contributed by atoms with Crippen molar-refractivity contribution in [3.63, 3.8) is 0 Å². The van der Waals surface area contributed by atoms with Crippen LogP contribution in [0.5, 0.6) is 0 Å². The molecule has 24 heavy (non-hydrogen) atoms. The summed E-state index contributed by atoms with van der Waals surface area (Å²) in [4.78, 5) is 12.3. The molecule has 1 fully saturated rings. The van der Waals surface area contributed by atoms with Gasteiger partial charge in [0.05, 0.1) is 10.4 Å². The molecule has 0 atom stereocenters. The molecule has 0 aromatic heterocycles. The Morgan fingerprint density at radius 2 is 1.71 bits per heavy atom. The fraction of sp³-hybridized carbons (Fsp3) is 0.588. The van der Waals surface area contributed by atoms with Crippen LogP contribution in [0, 0.1) is 11.7 Å². The van der Waals surface area contributed by atoms with E-state index >= 15 is 0 Å². The van der Waals surface area contributed by atoms with Crippen molar-refractivity contribution in [1.29, 1.82) is 0 Å². The van der Waals surface area contributed by atoms with Crippen molar-refractivity contribution >= 4 is 21.6 Å². The van der Waals surface area contributed by atoms with E-state index in [-0.39, 0.29) is 23.6 Å². The van der Waals surface area contributed by atoms with Crippen LogP contribution >= 0.6 is 0 Å². The third-order valence-electron chi connectivity index (χ3n) is 4.36. The zero-order valence-corrected chi connectivity index (χ0v) is 15.1. The first-order valence-electron chi connectivity index (χ1n) is 8.17. The standard InChI is InChI=1S/C17H25FN2O3S/c1-17(2,3)24(22,23)20-13-10-8-12(9-11-13)16(21)19-15-7-5-4-6-14(15)18/h4-7,12-13,20H,8-11H2,1-3H3,(H,19,21)/t12-,13-. The zero-order valence-electron chi connectivity index (χ0n) is 14.3. The Hall–Kier alpha value is -1.47. The molecule has 2 N–H and O–H groups in total. The molecule has 1 aromatic rings. The number of sulfonamides is 1. The topological polar surface area (TPSA) is 75.3 Å². The second-order valence-corrected chi connectivity index (χ2v) is 9.72. The molecule has 0 saturated heterocycles. The number of amides is 1. The van der Waals surface area contributed by atoms with Crippen molar-refractivity contribution in [3.8, 4) is 0 Å². The molecule has 0 radical (unpaired) electrons. The fourth-order valence-corrected chi connectivity index (χ4v) is 3.70. The van der Waals surface area contributed by atoms with Gasteiger partial charge >= 0.3 is 0 Å². The zero-order chi connectivity index (χ0) is 18.0. The lowest BCUT2D eigenvalue weighted by Crippen LogP contribution is -2.46. The maximum absolute atomic E-state index is 13.6. The van der Waals surface area contributed by atoms with Gasteiger partial charge in [0.2, 0.25) is 15.9 Å². The highest BCUT2D eigenvalue weighted by atomic mass is 32.2. The van der Waals surface area contributed by atoms with E-state index in [0.717, 1.165) is 0 Å². The van der Waals surface area contributed by atoms with Crippen molar-refractivity contribution < 1.29 is 17.6 Å². The van der Waals surface area contributed by atoms with Crippen LogP contribution in [0.1, 0.15) is 46.5 Å². The molecule has 0 heterocycles. The monoisotopic (exact) mass is 356 g/mol. The number of halogens is 1. The highest BCUT2D eigenvalue weighted by Gasteiger charge is 2.34. The Balaban J connectivity index is 1.89. The molecule has 134 valence electrons. The van der Waals surface area contributed by atoms with Gasteiger partial charge < -0.3 is 5.32 Å². The van der Waals surface area contributed by atoms with Crippen molar-refractivity contribution in [3.05, 3.63) is 30.1 Å². The average Bonchev–Trinajstić information content (AvgIpc) is 2.48. The number of rotatable bonds is 4. The van der Waals surface area contributed by atoms with Crippen molar-refractivity contribution in [1.82, 2.24) is 4.72 Å². The number of anilines is 1. The van der Waals surface area contributed by atoms with Gasteiger partial charge in [0.1, 0.15) is 5.82 Å². The SMILES string of the molecule is CC(C)(C)S(=O)(=O)N[C@H]1CC[C@H](C(=O)Nc2ccccc2F)CC1. The second-order valence-electron chi connectivity index (χ2n) is 7.25. The van der Waals surface area contributed by atoms with Crippen molar-refractivity contribution in [2.45, 2.75) is 57.2 Å². The van der Waals surface area contributed by atoms with Gasteiger partial charge in [0.25, 0.3) is 0 Å². The van der Waals surface area contributed by atoms with Crippen molar-refractivity contribution in [2.75, 3.05) is 5.32 Å². The number of carbonyl (C=O) groups excluding carboxylic acids is 1. The minimum Gasteiger partial charge on any atom is -0.323 e. The highest BCUT2D eigenvalue weighted by molar-refractivity contribution is 7.90. The molecule has 0 bridgehead atoms. The smallest absolute Gasteiger partial charge is 0.227 e. The first kappa shape index (κ1) is 18.9. The minimum atomic E-state index is -3.39. The summed E-state index contributed by atoms with van der Waals surface area (Å²) in [7, 11) is -3.39. The van der Waals surface area contributed by atoms with E-state index in [1.54, 1.807) is 32.9 Å². The Morgan fingerprint density at radius 1 is 1.12 bits per heavy atom. The molecule has 0 unspecified atom stereocenters. The summed E-state index contributed by atoms with van der Waals surface area (Å²) < 4.78 is 39.8. The average molecular weight is 356 g/mol. The molecule has 1 amide bonds. The van der Waals surface area contributed by atoms with E-state index in [1.165, 1.54) is 12.1 Å². The molecule has 1 saturated carbocycles. The Bertz CT molecular complexity index is 690. The van der Waals surface area contributed by atoms with E-state index in [2.05, 4.69) is 10.0 Å². The lowest BCUT2D eigenvalue weighted by molar-refractivity contribution is -0.120. The third kappa shape index (κ3) is 4.54. The number of benzene rings is 1. The van der Waals surface area contributed by atoms with E-state index in [9.17, 15) is 17.6 Å².